The molecule has 1 rings (SSSR count). The molecule has 0 spiro atoms. The molecule has 4 N–H and O–H groups in total. The Labute approximate surface area is 136 Å². The van der Waals surface area contributed by atoms with Crippen molar-refractivity contribution in [3.05, 3.63) is 24.0 Å². The quantitative estimate of drug-likeness (QED) is 0.276. The van der Waals surface area contributed by atoms with Gasteiger partial charge in [-0.3, -0.25) is 15.0 Å². The topological polar surface area (TPSA) is 111 Å². The smallest absolute Gasteiger partial charge is 0.422 e. The molecule has 0 fully saturated rings. The molecule has 0 radical (unpaired) electrons. The van der Waals surface area contributed by atoms with E-state index in [9.17, 15) is 35.9 Å². The SMILES string of the molecule is NNC(=O)[C@]1(OCC(F)(F)F)C=CC(OCC(F)(F)F)=C[C@H]1C(=O)O. The minimum atomic E-state index is -4.91. The first-order chi connectivity index (χ1) is 11.3. The predicted octanol–water partition coefficient (Wildman–Crippen LogP) is 1.03. The zero-order chi connectivity index (χ0) is 19.5. The van der Waals surface area contributed by atoms with Crippen LogP contribution in [-0.2, 0) is 19.1 Å². The maximum atomic E-state index is 12.4. The van der Waals surface area contributed by atoms with Crippen LogP contribution in [0.5, 0.6) is 0 Å². The van der Waals surface area contributed by atoms with E-state index in [1.54, 1.807) is 0 Å². The number of amides is 1. The zero-order valence-corrected chi connectivity index (χ0v) is 12.1. The lowest BCUT2D eigenvalue weighted by Crippen LogP contribution is -2.57. The lowest BCUT2D eigenvalue weighted by molar-refractivity contribution is -0.207. The van der Waals surface area contributed by atoms with Gasteiger partial charge in [0, 0.05) is 0 Å². The molecule has 1 aliphatic carbocycles. The fourth-order valence-electron chi connectivity index (χ4n) is 1.90. The first kappa shape index (κ1) is 20.8. The number of aliphatic carboxylic acids is 1. The molecule has 142 valence electrons. The summed E-state index contributed by atoms with van der Waals surface area (Å²) >= 11 is 0. The van der Waals surface area contributed by atoms with E-state index in [2.05, 4.69) is 9.47 Å². The third-order valence-corrected chi connectivity index (χ3v) is 2.92. The molecule has 2 atom stereocenters. The number of nitrogens with two attached hydrogens (primary N) is 1. The Morgan fingerprint density at radius 1 is 1.20 bits per heavy atom. The Balaban J connectivity index is 3.16. The second kappa shape index (κ2) is 7.31. The van der Waals surface area contributed by atoms with Gasteiger partial charge in [0.2, 0.25) is 0 Å². The third kappa shape index (κ3) is 5.63. The van der Waals surface area contributed by atoms with Crippen molar-refractivity contribution in [3.63, 3.8) is 0 Å². The molecule has 0 bridgehead atoms. The van der Waals surface area contributed by atoms with E-state index in [-0.39, 0.29) is 0 Å². The van der Waals surface area contributed by atoms with Crippen molar-refractivity contribution in [2.75, 3.05) is 13.2 Å². The van der Waals surface area contributed by atoms with E-state index in [1.807, 2.05) is 0 Å². The molecule has 1 aliphatic rings. The van der Waals surface area contributed by atoms with Crippen LogP contribution < -0.4 is 11.3 Å². The standard InChI is InChI=1S/C12H12F6N2O5/c13-11(14,15)4-24-6-1-2-10(9(23)20-19,7(3-6)8(21)22)25-5-12(16,17)18/h1-3,7H,4-5,19H2,(H,20,23)(H,21,22)/t7-,10-/m0/s1. The Kier molecular flexibility index (Phi) is 6.07. The first-order valence-corrected chi connectivity index (χ1v) is 6.36. The maximum absolute atomic E-state index is 12.4. The van der Waals surface area contributed by atoms with Crippen LogP contribution >= 0.6 is 0 Å². The highest BCUT2D eigenvalue weighted by Gasteiger charge is 2.51. The van der Waals surface area contributed by atoms with Gasteiger partial charge in [-0.1, -0.05) is 0 Å². The van der Waals surface area contributed by atoms with Crippen LogP contribution in [0.2, 0.25) is 0 Å². The summed E-state index contributed by atoms with van der Waals surface area (Å²) in [6.45, 7) is -3.77. The molecule has 0 heterocycles. The molecule has 13 heteroatoms. The van der Waals surface area contributed by atoms with Crippen LogP contribution in [0.4, 0.5) is 26.3 Å². The van der Waals surface area contributed by atoms with Gasteiger partial charge in [-0.25, -0.2) is 5.84 Å². The van der Waals surface area contributed by atoms with E-state index in [0.29, 0.717) is 18.2 Å². The van der Waals surface area contributed by atoms with Gasteiger partial charge in [0.05, 0.1) is 0 Å². The summed E-state index contributed by atoms with van der Waals surface area (Å²) in [6, 6.07) is 0. The summed E-state index contributed by atoms with van der Waals surface area (Å²) in [5.74, 6) is -1.16. The molecule has 0 aromatic rings. The van der Waals surface area contributed by atoms with Crippen LogP contribution in [0, 0.1) is 5.92 Å². The van der Waals surface area contributed by atoms with E-state index in [4.69, 9.17) is 10.9 Å². The van der Waals surface area contributed by atoms with Gasteiger partial charge in [0.25, 0.3) is 5.91 Å². The van der Waals surface area contributed by atoms with Gasteiger partial charge in [-0.05, 0) is 18.2 Å². The van der Waals surface area contributed by atoms with E-state index >= 15 is 0 Å². The Bertz CT molecular complexity index is 586. The van der Waals surface area contributed by atoms with Gasteiger partial charge in [0.1, 0.15) is 18.3 Å². The second-order valence-corrected chi connectivity index (χ2v) is 4.79. The highest BCUT2D eigenvalue weighted by molar-refractivity contribution is 5.94. The summed E-state index contributed by atoms with van der Waals surface area (Å²) in [4.78, 5) is 23.2. The number of allylic oxidation sites excluding steroid dienone is 1. The van der Waals surface area contributed by atoms with Crippen LogP contribution in [0.1, 0.15) is 0 Å². The van der Waals surface area contributed by atoms with Gasteiger partial charge in [0.15, 0.2) is 12.2 Å². The molecule has 0 aromatic heterocycles. The number of carbonyl (C=O) groups is 2. The fraction of sp³-hybridized carbons (Fsp3) is 0.500. The van der Waals surface area contributed by atoms with Gasteiger partial charge >= 0.3 is 18.3 Å². The van der Waals surface area contributed by atoms with Crippen LogP contribution in [0.15, 0.2) is 24.0 Å². The second-order valence-electron chi connectivity index (χ2n) is 4.79. The van der Waals surface area contributed by atoms with Crippen LogP contribution in [-0.4, -0.2) is 48.2 Å². The average molecular weight is 378 g/mol. The van der Waals surface area contributed by atoms with Gasteiger partial charge in [-0.15, -0.1) is 0 Å². The predicted molar refractivity (Wildman–Crippen MR) is 67.4 cm³/mol. The summed E-state index contributed by atoms with van der Waals surface area (Å²) in [5, 5.41) is 9.16. The van der Waals surface area contributed by atoms with Crippen LogP contribution in [0.25, 0.3) is 0 Å². The number of alkyl halides is 6. The maximum Gasteiger partial charge on any atom is 0.422 e. The van der Waals surface area contributed by atoms with Crippen molar-refractivity contribution < 1.29 is 50.5 Å². The number of ether oxygens (including phenoxy) is 2. The average Bonchev–Trinajstić information content (AvgIpc) is 2.48. The summed E-state index contributed by atoms with van der Waals surface area (Å²) < 4.78 is 82.3. The molecule has 0 saturated heterocycles. The molecule has 7 nitrogen and oxygen atoms in total. The van der Waals surface area contributed by atoms with E-state index in [1.165, 1.54) is 5.43 Å². The summed E-state index contributed by atoms with van der Waals surface area (Å²) in [6.07, 6.45) is -7.87. The molecular formula is C12H12F6N2O5. The Hall–Kier alpha value is -2.28. The number of nitrogens with one attached hydrogen (secondary N) is 1. The van der Waals surface area contributed by atoms with Crippen LogP contribution in [0.3, 0.4) is 0 Å². The Morgan fingerprint density at radius 3 is 2.20 bits per heavy atom. The fourth-order valence-corrected chi connectivity index (χ4v) is 1.90. The molecule has 0 aliphatic heterocycles. The monoisotopic (exact) mass is 378 g/mol. The van der Waals surface area contributed by atoms with Crippen molar-refractivity contribution in [3.8, 4) is 0 Å². The molecule has 0 aromatic carbocycles. The normalized spacial score (nSPS) is 23.8. The number of rotatable bonds is 6. The number of hydrogen-bond donors (Lipinski definition) is 3. The van der Waals surface area contributed by atoms with E-state index in [0.717, 1.165) is 0 Å². The highest BCUT2D eigenvalue weighted by atomic mass is 19.4. The molecule has 0 unspecified atom stereocenters. The highest BCUT2D eigenvalue weighted by Crippen LogP contribution is 2.34. The first-order valence-electron chi connectivity index (χ1n) is 6.36. The largest absolute Gasteiger partial charge is 0.484 e. The van der Waals surface area contributed by atoms with Crippen molar-refractivity contribution in [2.24, 2.45) is 11.8 Å². The molecule has 25 heavy (non-hydrogen) atoms. The molecular weight excluding hydrogens is 366 g/mol. The van der Waals surface area contributed by atoms with Crippen molar-refractivity contribution >= 4 is 11.9 Å². The number of carboxylic acids is 1. The number of hydrazine groups is 1. The lowest BCUT2D eigenvalue weighted by Gasteiger charge is -2.35. The lowest BCUT2D eigenvalue weighted by atomic mass is 9.82. The van der Waals surface area contributed by atoms with Crippen molar-refractivity contribution in [2.45, 2.75) is 18.0 Å². The molecule has 1 amide bonds. The van der Waals surface area contributed by atoms with Gasteiger partial charge < -0.3 is 14.6 Å². The Morgan fingerprint density at radius 2 is 1.76 bits per heavy atom. The minimum absolute atomic E-state index is 0.527. The number of hydrogen-bond acceptors (Lipinski definition) is 5. The van der Waals surface area contributed by atoms with E-state index < -0.39 is 54.7 Å². The number of carboxylic acid groups (broad SMARTS) is 1. The third-order valence-electron chi connectivity index (χ3n) is 2.92. The van der Waals surface area contributed by atoms with Crippen molar-refractivity contribution in [1.29, 1.82) is 0 Å². The summed E-state index contributed by atoms with van der Waals surface area (Å²) in [5.41, 5.74) is -1.25. The van der Waals surface area contributed by atoms with Crippen molar-refractivity contribution in [1.82, 2.24) is 5.43 Å². The molecule has 0 saturated carbocycles. The van der Waals surface area contributed by atoms with Gasteiger partial charge in [-0.2, -0.15) is 26.3 Å². The minimum Gasteiger partial charge on any atom is -0.484 e. The zero-order valence-electron chi connectivity index (χ0n) is 12.1. The number of halogens is 6. The number of carbonyl (C=O) groups excluding carboxylic acids is 1. The summed E-state index contributed by atoms with van der Waals surface area (Å²) in [7, 11) is 0.